The Morgan fingerprint density at radius 3 is 2.75 bits per heavy atom. The highest BCUT2D eigenvalue weighted by Gasteiger charge is 2.17. The van der Waals surface area contributed by atoms with Crippen LogP contribution in [0.4, 0.5) is 0 Å². The van der Waals surface area contributed by atoms with Crippen LogP contribution < -0.4 is 10.1 Å². The summed E-state index contributed by atoms with van der Waals surface area (Å²) in [6.45, 7) is 10.2. The quantitative estimate of drug-likeness (QED) is 0.728. The first-order chi connectivity index (χ1) is 9.43. The van der Waals surface area contributed by atoms with Crippen LogP contribution in [0.5, 0.6) is 5.75 Å². The number of ether oxygens (including phenoxy) is 2. The maximum absolute atomic E-state index is 9.88. The molecule has 114 valence electrons. The Bertz CT molecular complexity index is 393. The molecule has 0 heterocycles. The van der Waals surface area contributed by atoms with Crippen LogP contribution in [0.2, 0.25) is 0 Å². The van der Waals surface area contributed by atoms with Crippen molar-refractivity contribution in [3.63, 3.8) is 0 Å². The average Bonchev–Trinajstić information content (AvgIpc) is 2.36. The van der Waals surface area contributed by atoms with Gasteiger partial charge in [0, 0.05) is 19.7 Å². The second kappa shape index (κ2) is 8.25. The Morgan fingerprint density at radius 2 is 2.10 bits per heavy atom. The van der Waals surface area contributed by atoms with Crippen molar-refractivity contribution in [3.8, 4) is 5.75 Å². The van der Waals surface area contributed by atoms with Crippen LogP contribution in [0.1, 0.15) is 26.3 Å². The fourth-order valence-electron chi connectivity index (χ4n) is 1.94. The summed E-state index contributed by atoms with van der Waals surface area (Å²) in [5.41, 5.74) is 0.930. The monoisotopic (exact) mass is 281 g/mol. The van der Waals surface area contributed by atoms with Crippen LogP contribution in [0.25, 0.3) is 0 Å². The van der Waals surface area contributed by atoms with Gasteiger partial charge in [-0.2, -0.15) is 0 Å². The van der Waals surface area contributed by atoms with Gasteiger partial charge in [-0.05, 0) is 45.4 Å². The molecule has 0 aliphatic heterocycles. The Morgan fingerprint density at radius 1 is 1.35 bits per heavy atom. The average molecular weight is 281 g/mol. The van der Waals surface area contributed by atoms with Crippen molar-refractivity contribution in [1.29, 1.82) is 0 Å². The van der Waals surface area contributed by atoms with Crippen molar-refractivity contribution < 1.29 is 14.6 Å². The summed E-state index contributed by atoms with van der Waals surface area (Å²) >= 11 is 0. The zero-order valence-electron chi connectivity index (χ0n) is 13.0. The lowest BCUT2D eigenvalue weighted by Gasteiger charge is -2.25. The van der Waals surface area contributed by atoms with Crippen molar-refractivity contribution >= 4 is 0 Å². The van der Waals surface area contributed by atoms with Crippen molar-refractivity contribution in [1.82, 2.24) is 5.32 Å². The Labute approximate surface area is 122 Å². The summed E-state index contributed by atoms with van der Waals surface area (Å²) in [7, 11) is 0. The van der Waals surface area contributed by atoms with Gasteiger partial charge in [0.05, 0.1) is 5.60 Å². The van der Waals surface area contributed by atoms with Gasteiger partial charge in [-0.3, -0.25) is 0 Å². The molecule has 1 aromatic rings. The predicted molar refractivity (Wildman–Crippen MR) is 81.3 cm³/mol. The highest BCUT2D eigenvalue weighted by molar-refractivity contribution is 5.27. The summed E-state index contributed by atoms with van der Waals surface area (Å²) < 4.78 is 11.1. The van der Waals surface area contributed by atoms with Gasteiger partial charge in [-0.15, -0.1) is 0 Å². The first kappa shape index (κ1) is 17.0. The van der Waals surface area contributed by atoms with Crippen molar-refractivity contribution in [3.05, 3.63) is 29.8 Å². The fraction of sp³-hybridized carbons (Fsp3) is 0.625. The zero-order valence-corrected chi connectivity index (χ0v) is 13.0. The molecular weight excluding hydrogens is 254 g/mol. The highest BCUT2D eigenvalue weighted by Crippen LogP contribution is 2.12. The minimum Gasteiger partial charge on any atom is -0.491 e. The van der Waals surface area contributed by atoms with E-state index in [2.05, 4.69) is 5.32 Å². The van der Waals surface area contributed by atoms with E-state index in [1.54, 1.807) is 0 Å². The molecule has 4 nitrogen and oxygen atoms in total. The molecule has 0 aromatic heterocycles. The zero-order chi connectivity index (χ0) is 15.0. The van der Waals surface area contributed by atoms with Crippen LogP contribution in [0.15, 0.2) is 24.3 Å². The third kappa shape index (κ3) is 6.89. The number of hydrogen-bond acceptors (Lipinski definition) is 4. The highest BCUT2D eigenvalue weighted by atomic mass is 16.5. The number of hydrogen-bond donors (Lipinski definition) is 2. The molecule has 4 heteroatoms. The van der Waals surface area contributed by atoms with Gasteiger partial charge >= 0.3 is 0 Å². The summed E-state index contributed by atoms with van der Waals surface area (Å²) in [4.78, 5) is 0. The summed E-state index contributed by atoms with van der Waals surface area (Å²) in [6.07, 6.45) is -0.534. The second-order valence-corrected chi connectivity index (χ2v) is 5.60. The Balaban J connectivity index is 2.22. The molecule has 0 saturated carbocycles. The number of aliphatic hydroxyl groups excluding tert-OH is 1. The Hall–Kier alpha value is -1.10. The van der Waals surface area contributed by atoms with E-state index in [0.29, 0.717) is 19.7 Å². The maximum Gasteiger partial charge on any atom is 0.119 e. The molecule has 0 bridgehead atoms. The lowest BCUT2D eigenvalue weighted by molar-refractivity contribution is -0.0112. The van der Waals surface area contributed by atoms with Crippen LogP contribution >= 0.6 is 0 Å². The Kier molecular flexibility index (Phi) is 6.99. The van der Waals surface area contributed by atoms with Crippen LogP contribution in [0, 0.1) is 6.92 Å². The van der Waals surface area contributed by atoms with E-state index in [9.17, 15) is 5.11 Å². The van der Waals surface area contributed by atoms with Crippen molar-refractivity contribution in [2.45, 2.75) is 39.4 Å². The molecule has 0 aliphatic carbocycles. The first-order valence-corrected chi connectivity index (χ1v) is 7.15. The molecule has 1 rings (SSSR count). The smallest absolute Gasteiger partial charge is 0.119 e. The molecule has 0 amide bonds. The van der Waals surface area contributed by atoms with E-state index in [1.165, 1.54) is 0 Å². The summed E-state index contributed by atoms with van der Waals surface area (Å²) in [5.74, 6) is 0.790. The molecule has 0 radical (unpaired) electrons. The fourth-order valence-corrected chi connectivity index (χ4v) is 1.94. The normalized spacial score (nSPS) is 13.2. The van der Waals surface area contributed by atoms with Crippen molar-refractivity contribution in [2.75, 3.05) is 26.3 Å². The van der Waals surface area contributed by atoms with Crippen LogP contribution in [-0.2, 0) is 4.74 Å². The molecule has 2 N–H and O–H groups in total. The van der Waals surface area contributed by atoms with Crippen LogP contribution in [-0.4, -0.2) is 43.1 Å². The van der Waals surface area contributed by atoms with Crippen LogP contribution in [0.3, 0.4) is 0 Å². The molecule has 1 atom stereocenters. The lowest BCUT2D eigenvalue weighted by Crippen LogP contribution is -2.41. The van der Waals surface area contributed by atoms with Gasteiger partial charge in [0.15, 0.2) is 0 Å². The largest absolute Gasteiger partial charge is 0.491 e. The van der Waals surface area contributed by atoms with Gasteiger partial charge in [0.25, 0.3) is 0 Å². The summed E-state index contributed by atoms with van der Waals surface area (Å²) in [5, 5.41) is 13.1. The molecule has 1 unspecified atom stereocenters. The number of aryl methyl sites for hydroxylation is 1. The molecule has 0 spiro atoms. The number of nitrogens with one attached hydrogen (secondary N) is 1. The van der Waals surface area contributed by atoms with E-state index in [-0.39, 0.29) is 12.2 Å². The standard InChI is InChI=1S/C16H27NO3/c1-5-20-16(3,4)12-17-10-14(18)11-19-15-8-6-7-13(2)9-15/h6-9,14,17-18H,5,10-12H2,1-4H3. The minimum atomic E-state index is -0.534. The molecule has 0 fully saturated rings. The second-order valence-electron chi connectivity index (χ2n) is 5.60. The van der Waals surface area contributed by atoms with Crippen molar-refractivity contribution in [2.24, 2.45) is 0 Å². The molecule has 0 aliphatic rings. The lowest BCUT2D eigenvalue weighted by atomic mass is 10.1. The molecule has 0 saturated heterocycles. The van der Waals surface area contributed by atoms with Gasteiger partial charge in [-0.25, -0.2) is 0 Å². The summed E-state index contributed by atoms with van der Waals surface area (Å²) in [6, 6.07) is 7.81. The van der Waals surface area contributed by atoms with E-state index in [1.807, 2.05) is 52.0 Å². The molecule has 1 aromatic carbocycles. The van der Waals surface area contributed by atoms with Gasteiger partial charge in [0.1, 0.15) is 18.5 Å². The predicted octanol–water partition coefficient (Wildman–Crippen LogP) is 2.14. The third-order valence-electron chi connectivity index (χ3n) is 2.90. The SMILES string of the molecule is CCOC(C)(C)CNCC(O)COc1cccc(C)c1. The number of aliphatic hydroxyl groups is 1. The first-order valence-electron chi connectivity index (χ1n) is 7.15. The van der Waals surface area contributed by atoms with E-state index in [4.69, 9.17) is 9.47 Å². The van der Waals surface area contributed by atoms with E-state index in [0.717, 1.165) is 11.3 Å². The number of rotatable bonds is 9. The minimum absolute atomic E-state index is 0.216. The van der Waals surface area contributed by atoms with Gasteiger partial charge in [0.2, 0.25) is 0 Å². The van der Waals surface area contributed by atoms with E-state index >= 15 is 0 Å². The van der Waals surface area contributed by atoms with Gasteiger partial charge in [-0.1, -0.05) is 12.1 Å². The maximum atomic E-state index is 9.88. The molecular formula is C16H27NO3. The third-order valence-corrected chi connectivity index (χ3v) is 2.90. The van der Waals surface area contributed by atoms with Gasteiger partial charge < -0.3 is 19.9 Å². The van der Waals surface area contributed by atoms with E-state index < -0.39 is 6.10 Å². The number of benzene rings is 1. The topological polar surface area (TPSA) is 50.7 Å². The molecule has 20 heavy (non-hydrogen) atoms.